The molecule has 154 valence electrons. The van der Waals surface area contributed by atoms with Crippen molar-refractivity contribution in [3.05, 3.63) is 48.0 Å². The molecule has 0 aromatic heterocycles. The second kappa shape index (κ2) is 7.77. The fraction of sp³-hybridized carbons (Fsp3) is 0.333. The van der Waals surface area contributed by atoms with E-state index in [0.717, 1.165) is 11.3 Å². The Bertz CT molecular complexity index is 935. The van der Waals surface area contributed by atoms with Crippen LogP contribution in [0.4, 0.5) is 24.5 Å². The predicted molar refractivity (Wildman–Crippen MR) is 104 cm³/mol. The van der Waals surface area contributed by atoms with Crippen LogP contribution >= 0.6 is 0 Å². The molecule has 1 fully saturated rings. The van der Waals surface area contributed by atoms with Gasteiger partial charge in [-0.25, -0.2) is 0 Å². The Labute approximate surface area is 166 Å². The Balaban J connectivity index is 1.96. The van der Waals surface area contributed by atoms with Crippen LogP contribution in [0.25, 0.3) is 11.1 Å². The Morgan fingerprint density at radius 3 is 2.41 bits per heavy atom. The standard InChI is InChI=1S/C21H21F3N2O3/c1-12(2)13-6-7-18(25-20(29)21(22,23)24)17(9-13)14-4-3-5-16(8-14)26-10-15(11-26)19(27)28/h3-9,12,15H,10-11H2,1-2H3,(H,25,29)(H,27,28). The van der Waals surface area contributed by atoms with Crippen LogP contribution in [0.15, 0.2) is 42.5 Å². The van der Waals surface area contributed by atoms with Gasteiger partial charge >= 0.3 is 18.1 Å². The van der Waals surface area contributed by atoms with E-state index in [-0.39, 0.29) is 11.6 Å². The number of anilines is 2. The number of carboxylic acids is 1. The molecule has 0 radical (unpaired) electrons. The van der Waals surface area contributed by atoms with Gasteiger partial charge < -0.3 is 15.3 Å². The molecular formula is C21H21F3N2O3. The van der Waals surface area contributed by atoms with E-state index in [9.17, 15) is 22.8 Å². The lowest BCUT2D eigenvalue weighted by molar-refractivity contribution is -0.167. The number of carbonyl (C=O) groups excluding carboxylic acids is 1. The summed E-state index contributed by atoms with van der Waals surface area (Å²) in [5.41, 5.74) is 2.89. The van der Waals surface area contributed by atoms with E-state index in [1.54, 1.807) is 30.3 Å². The van der Waals surface area contributed by atoms with Crippen LogP contribution in [0.2, 0.25) is 0 Å². The molecule has 2 aromatic carbocycles. The van der Waals surface area contributed by atoms with Crippen LogP contribution in [0, 0.1) is 5.92 Å². The fourth-order valence-corrected chi connectivity index (χ4v) is 3.18. The molecule has 0 unspecified atom stereocenters. The van der Waals surface area contributed by atoms with E-state index >= 15 is 0 Å². The number of rotatable bonds is 5. The average molecular weight is 406 g/mol. The monoisotopic (exact) mass is 406 g/mol. The first-order valence-corrected chi connectivity index (χ1v) is 9.16. The number of carbonyl (C=O) groups is 2. The van der Waals surface area contributed by atoms with Gasteiger partial charge in [0.2, 0.25) is 0 Å². The number of halogens is 3. The minimum absolute atomic E-state index is 0.0703. The zero-order valence-corrected chi connectivity index (χ0v) is 16.0. The number of aliphatic carboxylic acids is 1. The van der Waals surface area contributed by atoms with Crippen molar-refractivity contribution >= 4 is 23.3 Å². The highest BCUT2D eigenvalue weighted by Gasteiger charge is 2.39. The maximum absolute atomic E-state index is 12.7. The summed E-state index contributed by atoms with van der Waals surface area (Å²) in [4.78, 5) is 24.4. The van der Waals surface area contributed by atoms with Gasteiger partial charge in [-0.2, -0.15) is 13.2 Å². The van der Waals surface area contributed by atoms with Gasteiger partial charge in [0, 0.05) is 30.0 Å². The molecular weight excluding hydrogens is 385 g/mol. The SMILES string of the molecule is CC(C)c1ccc(NC(=O)C(F)(F)F)c(-c2cccc(N3CC(C(=O)O)C3)c2)c1. The quantitative estimate of drug-likeness (QED) is 0.767. The van der Waals surface area contributed by atoms with Gasteiger partial charge in [0.25, 0.3) is 0 Å². The molecule has 0 atom stereocenters. The summed E-state index contributed by atoms with van der Waals surface area (Å²) < 4.78 is 38.2. The minimum Gasteiger partial charge on any atom is -0.481 e. The van der Waals surface area contributed by atoms with Crippen molar-refractivity contribution in [2.24, 2.45) is 5.92 Å². The molecule has 2 N–H and O–H groups in total. The van der Waals surface area contributed by atoms with E-state index in [1.165, 1.54) is 6.07 Å². The first-order chi connectivity index (χ1) is 13.6. The topological polar surface area (TPSA) is 69.6 Å². The van der Waals surface area contributed by atoms with Crippen LogP contribution in [0.3, 0.4) is 0 Å². The van der Waals surface area contributed by atoms with Crippen LogP contribution < -0.4 is 10.2 Å². The molecule has 29 heavy (non-hydrogen) atoms. The number of nitrogens with one attached hydrogen (secondary N) is 1. The van der Waals surface area contributed by atoms with Gasteiger partial charge in [0.05, 0.1) is 5.92 Å². The van der Waals surface area contributed by atoms with Crippen LogP contribution in [0.1, 0.15) is 25.3 Å². The molecule has 0 spiro atoms. The maximum Gasteiger partial charge on any atom is 0.471 e. The second-order valence-corrected chi connectivity index (χ2v) is 7.40. The molecule has 2 aromatic rings. The van der Waals surface area contributed by atoms with Gasteiger partial charge in [-0.05, 0) is 41.3 Å². The van der Waals surface area contributed by atoms with Gasteiger partial charge in [-0.3, -0.25) is 9.59 Å². The lowest BCUT2D eigenvalue weighted by atomic mass is 9.94. The first-order valence-electron chi connectivity index (χ1n) is 9.16. The first kappa shape index (κ1) is 20.7. The van der Waals surface area contributed by atoms with Crippen molar-refractivity contribution in [1.82, 2.24) is 0 Å². The minimum atomic E-state index is -4.99. The van der Waals surface area contributed by atoms with E-state index in [2.05, 4.69) is 0 Å². The van der Waals surface area contributed by atoms with E-state index < -0.39 is 24.0 Å². The number of alkyl halides is 3. The predicted octanol–water partition coefficient (Wildman–Crippen LogP) is 4.50. The van der Waals surface area contributed by atoms with Crippen LogP contribution in [-0.2, 0) is 9.59 Å². The van der Waals surface area contributed by atoms with Crippen molar-refractivity contribution in [3.63, 3.8) is 0 Å². The summed E-state index contributed by atoms with van der Waals surface area (Å²) in [6, 6.07) is 12.1. The lowest BCUT2D eigenvalue weighted by Crippen LogP contribution is -2.50. The summed E-state index contributed by atoms with van der Waals surface area (Å²) in [5, 5.41) is 11.0. The number of amides is 1. The number of hydrogen-bond acceptors (Lipinski definition) is 3. The van der Waals surface area contributed by atoms with Crippen LogP contribution in [-0.4, -0.2) is 36.2 Å². The van der Waals surface area contributed by atoms with E-state index in [0.29, 0.717) is 24.2 Å². The van der Waals surface area contributed by atoms with Crippen molar-refractivity contribution in [3.8, 4) is 11.1 Å². The van der Waals surface area contributed by atoms with Crippen molar-refractivity contribution in [1.29, 1.82) is 0 Å². The zero-order valence-electron chi connectivity index (χ0n) is 16.0. The average Bonchev–Trinajstić information content (AvgIpc) is 2.59. The summed E-state index contributed by atoms with van der Waals surface area (Å²) in [6.45, 7) is 4.69. The van der Waals surface area contributed by atoms with Crippen molar-refractivity contribution < 1.29 is 27.9 Å². The molecule has 1 heterocycles. The normalized spacial score (nSPS) is 14.6. The third kappa shape index (κ3) is 4.52. The molecule has 1 aliphatic heterocycles. The molecule has 0 bridgehead atoms. The second-order valence-electron chi connectivity index (χ2n) is 7.40. The van der Waals surface area contributed by atoms with Gasteiger partial charge in [-0.15, -0.1) is 0 Å². The fourth-order valence-electron chi connectivity index (χ4n) is 3.18. The molecule has 0 saturated carbocycles. The molecule has 1 aliphatic rings. The number of benzene rings is 2. The Kier molecular flexibility index (Phi) is 5.55. The van der Waals surface area contributed by atoms with E-state index in [1.807, 2.05) is 30.1 Å². The Hall–Kier alpha value is -3.03. The highest BCUT2D eigenvalue weighted by molar-refractivity contribution is 5.99. The Morgan fingerprint density at radius 1 is 1.14 bits per heavy atom. The summed E-state index contributed by atoms with van der Waals surface area (Å²) in [5.74, 6) is -3.15. The van der Waals surface area contributed by atoms with Gasteiger partial charge in [0.15, 0.2) is 0 Å². The van der Waals surface area contributed by atoms with Crippen LogP contribution in [0.5, 0.6) is 0 Å². The third-order valence-corrected chi connectivity index (χ3v) is 4.97. The van der Waals surface area contributed by atoms with Crippen molar-refractivity contribution in [2.45, 2.75) is 25.9 Å². The molecule has 1 amide bonds. The highest BCUT2D eigenvalue weighted by atomic mass is 19.4. The van der Waals surface area contributed by atoms with Crippen molar-refractivity contribution in [2.75, 3.05) is 23.3 Å². The third-order valence-electron chi connectivity index (χ3n) is 4.97. The summed E-state index contributed by atoms with van der Waals surface area (Å²) in [6.07, 6.45) is -4.99. The number of carboxylic acid groups (broad SMARTS) is 1. The summed E-state index contributed by atoms with van der Waals surface area (Å²) in [7, 11) is 0. The smallest absolute Gasteiger partial charge is 0.471 e. The molecule has 5 nitrogen and oxygen atoms in total. The largest absolute Gasteiger partial charge is 0.481 e. The Morgan fingerprint density at radius 2 is 1.83 bits per heavy atom. The number of hydrogen-bond donors (Lipinski definition) is 2. The summed E-state index contributed by atoms with van der Waals surface area (Å²) >= 11 is 0. The van der Waals surface area contributed by atoms with E-state index in [4.69, 9.17) is 5.11 Å². The van der Waals surface area contributed by atoms with Gasteiger partial charge in [0.1, 0.15) is 0 Å². The highest BCUT2D eigenvalue weighted by Crippen LogP contribution is 2.35. The lowest BCUT2D eigenvalue weighted by Gasteiger charge is -2.38. The number of nitrogens with zero attached hydrogens (tertiary/aromatic N) is 1. The maximum atomic E-state index is 12.7. The molecule has 0 aliphatic carbocycles. The zero-order chi connectivity index (χ0) is 21.3. The van der Waals surface area contributed by atoms with Gasteiger partial charge in [-0.1, -0.05) is 32.0 Å². The molecule has 3 rings (SSSR count). The molecule has 1 saturated heterocycles. The molecule has 8 heteroatoms.